The smallest absolute Gasteiger partial charge is 0.0389 e. The van der Waals surface area contributed by atoms with E-state index >= 15 is 0 Å². The Morgan fingerprint density at radius 3 is 1.43 bits per heavy atom. The molecule has 0 bridgehead atoms. The minimum absolute atomic E-state index is 0.900. The van der Waals surface area contributed by atoms with E-state index in [1.807, 2.05) is 48.8 Å². The largest absolute Gasteiger partial charge is 0.293 e. The topological polar surface area (TPSA) is 24.7 Å². The van der Waals surface area contributed by atoms with Gasteiger partial charge in [-0.2, -0.15) is 0 Å². The average molecular weight is 278 g/mol. The van der Waals surface area contributed by atoms with Crippen LogP contribution in [0.2, 0.25) is 0 Å². The zero-order valence-corrected chi connectivity index (χ0v) is 12.4. The first-order valence-corrected chi connectivity index (χ1v) is 7.55. The molecular formula is C19H22N2. The van der Waals surface area contributed by atoms with Crippen LogP contribution in [0.5, 0.6) is 0 Å². The molecule has 21 heavy (non-hydrogen) atoms. The molecule has 0 aliphatic rings. The van der Waals surface area contributed by atoms with Crippen LogP contribution in [-0.4, -0.2) is 25.5 Å². The van der Waals surface area contributed by atoms with E-state index in [2.05, 4.69) is 34.3 Å². The van der Waals surface area contributed by atoms with Gasteiger partial charge in [-0.3, -0.25) is 9.98 Å². The monoisotopic (exact) mass is 278 g/mol. The maximum atomic E-state index is 4.44. The van der Waals surface area contributed by atoms with E-state index in [0.29, 0.717) is 0 Å². The first kappa shape index (κ1) is 15.2. The zero-order valence-electron chi connectivity index (χ0n) is 12.4. The van der Waals surface area contributed by atoms with Crippen LogP contribution in [0.15, 0.2) is 70.6 Å². The lowest BCUT2D eigenvalue weighted by molar-refractivity contribution is 0.698. The van der Waals surface area contributed by atoms with Crippen molar-refractivity contribution >= 4 is 12.4 Å². The van der Waals surface area contributed by atoms with E-state index in [1.165, 1.54) is 17.5 Å². The molecule has 0 amide bonds. The molecule has 0 aliphatic carbocycles. The van der Waals surface area contributed by atoms with Crippen LogP contribution in [0.1, 0.15) is 30.4 Å². The SMILES string of the molecule is C(=N\CCCCC/N=C/c1ccccc1)/c1ccccc1. The third kappa shape index (κ3) is 6.66. The van der Waals surface area contributed by atoms with E-state index in [9.17, 15) is 0 Å². The summed E-state index contributed by atoms with van der Waals surface area (Å²) < 4.78 is 0. The predicted molar refractivity (Wildman–Crippen MR) is 91.7 cm³/mol. The number of hydrogen-bond acceptors (Lipinski definition) is 2. The molecule has 0 N–H and O–H groups in total. The van der Waals surface area contributed by atoms with Gasteiger partial charge in [0.2, 0.25) is 0 Å². The molecule has 0 saturated heterocycles. The second-order valence-corrected chi connectivity index (χ2v) is 4.95. The van der Waals surface area contributed by atoms with Crippen molar-refractivity contribution in [2.45, 2.75) is 19.3 Å². The third-order valence-electron chi connectivity index (χ3n) is 3.15. The van der Waals surface area contributed by atoms with Gasteiger partial charge in [-0.05, 0) is 30.4 Å². The Labute approximate surface area is 127 Å². The molecule has 2 aromatic carbocycles. The van der Waals surface area contributed by atoms with Crippen LogP contribution in [0.3, 0.4) is 0 Å². The average Bonchev–Trinajstić information content (AvgIpc) is 2.55. The molecule has 2 nitrogen and oxygen atoms in total. The van der Waals surface area contributed by atoms with Crippen molar-refractivity contribution in [1.82, 2.24) is 0 Å². The third-order valence-corrected chi connectivity index (χ3v) is 3.15. The Kier molecular flexibility index (Phi) is 6.97. The van der Waals surface area contributed by atoms with Crippen LogP contribution in [-0.2, 0) is 0 Å². The Morgan fingerprint density at radius 2 is 1.00 bits per heavy atom. The van der Waals surface area contributed by atoms with Crippen LogP contribution < -0.4 is 0 Å². The Hall–Kier alpha value is -2.22. The first-order valence-electron chi connectivity index (χ1n) is 7.55. The van der Waals surface area contributed by atoms with Gasteiger partial charge < -0.3 is 0 Å². The molecule has 0 unspecified atom stereocenters. The molecule has 0 saturated carbocycles. The lowest BCUT2D eigenvalue weighted by Crippen LogP contribution is -1.88. The quantitative estimate of drug-likeness (QED) is 0.505. The van der Waals surface area contributed by atoms with Gasteiger partial charge in [-0.15, -0.1) is 0 Å². The van der Waals surface area contributed by atoms with Crippen molar-refractivity contribution in [3.63, 3.8) is 0 Å². The molecule has 2 rings (SSSR count). The Balaban J connectivity index is 1.52. The predicted octanol–water partition coefficient (Wildman–Crippen LogP) is 4.39. The summed E-state index contributed by atoms with van der Waals surface area (Å²) in [7, 11) is 0. The second kappa shape index (κ2) is 9.65. The summed E-state index contributed by atoms with van der Waals surface area (Å²) in [5, 5.41) is 0. The molecule has 0 heterocycles. The molecule has 0 atom stereocenters. The number of benzene rings is 2. The molecular weight excluding hydrogens is 256 g/mol. The highest BCUT2D eigenvalue weighted by atomic mass is 14.7. The summed E-state index contributed by atoms with van der Waals surface area (Å²) in [4.78, 5) is 8.89. The van der Waals surface area contributed by atoms with Gasteiger partial charge in [0.1, 0.15) is 0 Å². The summed E-state index contributed by atoms with van der Waals surface area (Å²) in [6.45, 7) is 1.80. The highest BCUT2D eigenvalue weighted by Crippen LogP contribution is 1.99. The fourth-order valence-corrected chi connectivity index (χ4v) is 2.00. The number of nitrogens with zero attached hydrogens (tertiary/aromatic N) is 2. The second-order valence-electron chi connectivity index (χ2n) is 4.95. The van der Waals surface area contributed by atoms with Crippen LogP contribution in [0, 0.1) is 0 Å². The van der Waals surface area contributed by atoms with Crippen LogP contribution in [0.4, 0.5) is 0 Å². The number of aliphatic imine (C=N–C) groups is 2. The molecule has 0 radical (unpaired) electrons. The minimum atomic E-state index is 0.900. The summed E-state index contributed by atoms with van der Waals surface area (Å²) in [6.07, 6.45) is 7.34. The highest BCUT2D eigenvalue weighted by Gasteiger charge is 1.88. The molecule has 0 spiro atoms. The fourth-order valence-electron chi connectivity index (χ4n) is 2.00. The Bertz CT molecular complexity index is 493. The van der Waals surface area contributed by atoms with Crippen molar-refractivity contribution < 1.29 is 0 Å². The maximum Gasteiger partial charge on any atom is 0.0389 e. The van der Waals surface area contributed by atoms with Crippen molar-refractivity contribution in [3.8, 4) is 0 Å². The zero-order chi connectivity index (χ0) is 14.6. The van der Waals surface area contributed by atoms with Crippen LogP contribution in [0.25, 0.3) is 0 Å². The van der Waals surface area contributed by atoms with Crippen molar-refractivity contribution in [3.05, 3.63) is 71.8 Å². The Morgan fingerprint density at radius 1 is 0.571 bits per heavy atom. The summed E-state index contributed by atoms with van der Waals surface area (Å²) in [5.74, 6) is 0. The number of unbranched alkanes of at least 4 members (excludes halogenated alkanes) is 2. The molecule has 0 aromatic heterocycles. The molecule has 2 heteroatoms. The minimum Gasteiger partial charge on any atom is -0.293 e. The van der Waals surface area contributed by atoms with Gasteiger partial charge in [0.15, 0.2) is 0 Å². The lowest BCUT2D eigenvalue weighted by Gasteiger charge is -1.96. The van der Waals surface area contributed by atoms with Gasteiger partial charge in [-0.25, -0.2) is 0 Å². The van der Waals surface area contributed by atoms with E-state index in [-0.39, 0.29) is 0 Å². The molecule has 0 fully saturated rings. The lowest BCUT2D eigenvalue weighted by atomic mass is 10.2. The van der Waals surface area contributed by atoms with Crippen molar-refractivity contribution in [2.75, 3.05) is 13.1 Å². The van der Waals surface area contributed by atoms with Gasteiger partial charge in [0.25, 0.3) is 0 Å². The normalized spacial score (nSPS) is 11.4. The fraction of sp³-hybridized carbons (Fsp3) is 0.263. The van der Waals surface area contributed by atoms with Gasteiger partial charge >= 0.3 is 0 Å². The maximum absolute atomic E-state index is 4.44. The van der Waals surface area contributed by atoms with Gasteiger partial charge in [-0.1, -0.05) is 60.7 Å². The summed E-state index contributed by atoms with van der Waals surface area (Å²) >= 11 is 0. The van der Waals surface area contributed by atoms with E-state index in [4.69, 9.17) is 0 Å². The van der Waals surface area contributed by atoms with E-state index in [0.717, 1.165) is 25.9 Å². The van der Waals surface area contributed by atoms with E-state index < -0.39 is 0 Å². The van der Waals surface area contributed by atoms with Crippen molar-refractivity contribution in [2.24, 2.45) is 9.98 Å². The van der Waals surface area contributed by atoms with E-state index in [1.54, 1.807) is 0 Å². The molecule has 108 valence electrons. The highest BCUT2D eigenvalue weighted by molar-refractivity contribution is 5.79. The van der Waals surface area contributed by atoms with Gasteiger partial charge in [0, 0.05) is 25.5 Å². The van der Waals surface area contributed by atoms with Crippen LogP contribution >= 0.6 is 0 Å². The first-order chi connectivity index (χ1) is 10.4. The van der Waals surface area contributed by atoms with Gasteiger partial charge in [0.05, 0.1) is 0 Å². The molecule has 0 aliphatic heterocycles. The standard InChI is InChI=1S/C19H22N2/c1-4-10-18(11-5-1)16-20-14-8-3-9-15-21-17-19-12-6-2-7-13-19/h1-2,4-7,10-13,16-17H,3,8-9,14-15H2/b20-16+,21-17+. The van der Waals surface area contributed by atoms with Crippen molar-refractivity contribution in [1.29, 1.82) is 0 Å². The molecule has 2 aromatic rings. The summed E-state index contributed by atoms with van der Waals surface area (Å²) in [5.41, 5.74) is 2.34. The number of hydrogen-bond donors (Lipinski definition) is 0. The number of rotatable bonds is 8. The summed E-state index contributed by atoms with van der Waals surface area (Å²) in [6, 6.07) is 20.5.